The van der Waals surface area contributed by atoms with Crippen molar-refractivity contribution in [2.75, 3.05) is 18.4 Å². The van der Waals surface area contributed by atoms with Crippen LogP contribution in [0.2, 0.25) is 0 Å². The van der Waals surface area contributed by atoms with Crippen molar-refractivity contribution in [1.82, 2.24) is 5.32 Å². The first kappa shape index (κ1) is 13.4. The van der Waals surface area contributed by atoms with E-state index >= 15 is 0 Å². The predicted octanol–water partition coefficient (Wildman–Crippen LogP) is 0.435. The van der Waals surface area contributed by atoms with Crippen LogP contribution in [0.3, 0.4) is 0 Å². The molecule has 0 aromatic heterocycles. The summed E-state index contributed by atoms with van der Waals surface area (Å²) in [7, 11) is 0. The fourth-order valence-corrected chi connectivity index (χ4v) is 1.69. The molecule has 1 aliphatic rings. The molecule has 1 unspecified atom stereocenters. The highest BCUT2D eigenvalue weighted by Crippen LogP contribution is 2.21. The minimum absolute atomic E-state index is 0.106. The zero-order chi connectivity index (χ0) is 13.8. The average Bonchev–Trinajstić information content (AvgIpc) is 2.40. The van der Waals surface area contributed by atoms with E-state index in [1.54, 1.807) is 0 Å². The third-order valence-corrected chi connectivity index (χ3v) is 2.59. The topological polar surface area (TPSA) is 103 Å². The molecule has 1 aliphatic heterocycles. The van der Waals surface area contributed by atoms with Gasteiger partial charge in [0.25, 0.3) is 0 Å². The minimum Gasteiger partial charge on any atom is -0.508 e. The number of hydrogen-bond acceptors (Lipinski definition) is 7. The Hall–Kier alpha value is -1.99. The second kappa shape index (κ2) is 5.77. The summed E-state index contributed by atoms with van der Waals surface area (Å²) in [5.41, 5.74) is 0.550. The van der Waals surface area contributed by atoms with E-state index in [0.717, 1.165) is 0 Å². The quantitative estimate of drug-likeness (QED) is 0.628. The van der Waals surface area contributed by atoms with Gasteiger partial charge in [-0.05, 0) is 12.1 Å². The van der Waals surface area contributed by atoms with Gasteiger partial charge >= 0.3 is 5.97 Å². The zero-order valence-electron chi connectivity index (χ0n) is 9.76. The first-order valence-corrected chi connectivity index (χ1v) is 5.79. The van der Waals surface area contributed by atoms with E-state index in [-0.39, 0.29) is 17.9 Å². The van der Waals surface area contributed by atoms with E-state index < -0.39 is 12.1 Å². The van der Waals surface area contributed by atoms with Gasteiger partial charge in [0.1, 0.15) is 17.6 Å². The summed E-state index contributed by atoms with van der Waals surface area (Å²) < 4.78 is 4.07. The summed E-state index contributed by atoms with van der Waals surface area (Å²) in [6.07, 6.45) is -0.517. The van der Waals surface area contributed by atoms with E-state index in [1.807, 2.05) is 0 Å². The van der Waals surface area contributed by atoms with Crippen LogP contribution in [-0.2, 0) is 4.29 Å². The van der Waals surface area contributed by atoms with E-state index in [9.17, 15) is 15.0 Å². The molecule has 0 bridgehead atoms. The molecule has 0 saturated heterocycles. The van der Waals surface area contributed by atoms with Gasteiger partial charge in [0.15, 0.2) is 5.96 Å². The Morgan fingerprint density at radius 1 is 1.53 bits per heavy atom. The second-order valence-electron chi connectivity index (χ2n) is 3.98. The molecule has 1 heterocycles. The van der Waals surface area contributed by atoms with E-state index in [2.05, 4.69) is 19.9 Å². The Bertz CT molecular complexity index is 521. The number of guanidine groups is 1. The van der Waals surface area contributed by atoms with Crippen molar-refractivity contribution >= 4 is 29.5 Å². The predicted molar refractivity (Wildman–Crippen MR) is 69.3 cm³/mol. The number of phenolic OH excluding ortho intramolecular Hbond substituents is 1. The molecule has 19 heavy (non-hydrogen) atoms. The van der Waals surface area contributed by atoms with Gasteiger partial charge in [-0.3, -0.25) is 4.99 Å². The van der Waals surface area contributed by atoms with Crippen LogP contribution in [0.5, 0.6) is 5.75 Å². The second-order valence-corrected chi connectivity index (χ2v) is 4.14. The Morgan fingerprint density at radius 3 is 2.95 bits per heavy atom. The molecule has 2 rings (SSSR count). The van der Waals surface area contributed by atoms with Gasteiger partial charge in [-0.15, -0.1) is 0 Å². The number of nitrogens with zero attached hydrogens (tertiary/aromatic N) is 1. The number of β-amino-alcohol motifs (C(OH)–C–C–N with tert-alkyl or cyclic N) is 1. The van der Waals surface area contributed by atoms with Crippen LogP contribution in [0, 0.1) is 0 Å². The van der Waals surface area contributed by atoms with Crippen molar-refractivity contribution in [3.63, 3.8) is 0 Å². The molecule has 0 spiro atoms. The van der Waals surface area contributed by atoms with Crippen LogP contribution in [-0.4, -0.2) is 41.3 Å². The average molecular weight is 286 g/mol. The van der Waals surface area contributed by atoms with E-state index in [0.29, 0.717) is 18.2 Å². The molecule has 1 atom stereocenters. The number of carbonyl (C=O) groups excluding carboxylic acids is 1. The lowest BCUT2D eigenvalue weighted by Crippen LogP contribution is -2.42. The van der Waals surface area contributed by atoms with Gasteiger partial charge in [0.05, 0.1) is 18.2 Å². The van der Waals surface area contributed by atoms with Gasteiger partial charge in [0, 0.05) is 18.3 Å². The van der Waals surface area contributed by atoms with Gasteiger partial charge in [-0.1, -0.05) is 0 Å². The summed E-state index contributed by atoms with van der Waals surface area (Å²) in [6, 6.07) is 4.11. The molecule has 4 N–H and O–H groups in total. The lowest BCUT2D eigenvalue weighted by molar-refractivity contribution is 0.0751. The van der Waals surface area contributed by atoms with Crippen LogP contribution >= 0.6 is 11.9 Å². The number of halogens is 1. The molecule has 0 saturated carbocycles. The standard InChI is InChI=1S/C11H12ClN3O4/c12-19-10(18)6-1-7(3-8(16)2-6)15-11-13-4-9(17)5-14-11/h1-3,9,16-17H,4-5H2,(H2,13,14,15). The van der Waals surface area contributed by atoms with Crippen molar-refractivity contribution in [2.45, 2.75) is 6.10 Å². The number of aliphatic hydroxyl groups excluding tert-OH is 1. The number of anilines is 1. The Morgan fingerprint density at radius 2 is 2.32 bits per heavy atom. The Balaban J connectivity index is 2.16. The first-order chi connectivity index (χ1) is 9.08. The van der Waals surface area contributed by atoms with Crippen LogP contribution < -0.4 is 10.6 Å². The van der Waals surface area contributed by atoms with Crippen molar-refractivity contribution in [1.29, 1.82) is 0 Å². The van der Waals surface area contributed by atoms with Crippen molar-refractivity contribution in [3.8, 4) is 5.75 Å². The maximum atomic E-state index is 11.3. The molecule has 1 aromatic carbocycles. The highest BCUT2D eigenvalue weighted by molar-refractivity contribution is 6.16. The van der Waals surface area contributed by atoms with Crippen LogP contribution in [0.25, 0.3) is 0 Å². The molecular formula is C11H12ClN3O4. The highest BCUT2D eigenvalue weighted by atomic mass is 35.5. The van der Waals surface area contributed by atoms with Crippen molar-refractivity contribution in [2.24, 2.45) is 4.99 Å². The number of nitrogens with one attached hydrogen (secondary N) is 2. The lowest BCUT2D eigenvalue weighted by atomic mass is 10.2. The number of aromatic hydroxyl groups is 1. The maximum Gasteiger partial charge on any atom is 0.356 e. The largest absolute Gasteiger partial charge is 0.508 e. The summed E-state index contributed by atoms with van der Waals surface area (Å²) in [6.45, 7) is 0.659. The molecular weight excluding hydrogens is 274 g/mol. The molecule has 0 amide bonds. The maximum absolute atomic E-state index is 11.3. The fraction of sp³-hybridized carbons (Fsp3) is 0.273. The Kier molecular flexibility index (Phi) is 4.08. The smallest absolute Gasteiger partial charge is 0.356 e. The number of carbonyl (C=O) groups is 1. The van der Waals surface area contributed by atoms with Crippen molar-refractivity contribution in [3.05, 3.63) is 23.8 Å². The third-order valence-electron chi connectivity index (χ3n) is 2.45. The number of aliphatic imine (C=N–C) groups is 1. The molecule has 0 aliphatic carbocycles. The molecule has 1 aromatic rings. The van der Waals surface area contributed by atoms with Gasteiger partial charge in [-0.2, -0.15) is 0 Å². The summed E-state index contributed by atoms with van der Waals surface area (Å²) in [4.78, 5) is 15.3. The normalized spacial score (nSPS) is 18.2. The van der Waals surface area contributed by atoms with Crippen LogP contribution in [0.1, 0.15) is 10.4 Å². The molecule has 7 nitrogen and oxygen atoms in total. The third kappa shape index (κ3) is 3.49. The summed E-state index contributed by atoms with van der Waals surface area (Å²) >= 11 is 4.98. The monoisotopic (exact) mass is 285 g/mol. The number of benzene rings is 1. The summed E-state index contributed by atoms with van der Waals surface area (Å²) in [5.74, 6) is -0.436. The number of aliphatic hydroxyl groups is 1. The van der Waals surface area contributed by atoms with E-state index in [4.69, 9.17) is 11.9 Å². The van der Waals surface area contributed by atoms with Gasteiger partial charge < -0.3 is 25.1 Å². The van der Waals surface area contributed by atoms with Gasteiger partial charge in [0.2, 0.25) is 0 Å². The number of hydrogen-bond donors (Lipinski definition) is 4. The van der Waals surface area contributed by atoms with Gasteiger partial charge in [-0.25, -0.2) is 4.79 Å². The lowest BCUT2D eigenvalue weighted by Gasteiger charge is -2.20. The van der Waals surface area contributed by atoms with E-state index in [1.165, 1.54) is 18.2 Å². The molecule has 0 fully saturated rings. The minimum atomic E-state index is -0.769. The Labute approximate surface area is 114 Å². The SMILES string of the molecule is O=C(OCl)c1cc(O)cc(NC2=NCC(O)CN2)c1. The molecule has 8 heteroatoms. The van der Waals surface area contributed by atoms with Crippen LogP contribution in [0.4, 0.5) is 5.69 Å². The highest BCUT2D eigenvalue weighted by Gasteiger charge is 2.14. The van der Waals surface area contributed by atoms with Crippen LogP contribution in [0.15, 0.2) is 23.2 Å². The molecule has 0 radical (unpaired) electrons. The number of rotatable bonds is 2. The van der Waals surface area contributed by atoms with Crippen molar-refractivity contribution < 1.29 is 19.3 Å². The molecule has 102 valence electrons. The zero-order valence-corrected chi connectivity index (χ0v) is 10.5. The fourth-order valence-electron chi connectivity index (χ4n) is 1.60. The summed E-state index contributed by atoms with van der Waals surface area (Å²) in [5, 5.41) is 24.5. The first-order valence-electron chi connectivity index (χ1n) is 5.49. The number of phenols is 1.